The largest absolute Gasteiger partial charge is 0.377 e. The smallest absolute Gasteiger partial charge is 0.315 e. The Morgan fingerprint density at radius 2 is 1.44 bits per heavy atom. The molecule has 3 aliphatic rings. The fourth-order valence-electron chi connectivity index (χ4n) is 4.38. The topological polar surface area (TPSA) is 164 Å². The summed E-state index contributed by atoms with van der Waals surface area (Å²) in [5.74, 6) is -0.0896. The molecule has 2 saturated heterocycles. The van der Waals surface area contributed by atoms with Crippen LogP contribution in [0.15, 0.2) is 12.2 Å². The highest BCUT2D eigenvalue weighted by molar-refractivity contribution is 8.00. The lowest BCUT2D eigenvalue weighted by Crippen LogP contribution is -2.36. The first-order chi connectivity index (χ1) is 18.9. The standard InChI is InChI=1S/C25H39N5O8S/c31-20(4-2-1-3-19-24-18(17-39-19)28-25(35)29-24)26-8-11-36-13-15-38-16-14-37-12-9-27-21(32)7-10-30-22(33)5-6-23(30)34/h5-6,18-19,24H,1-4,7-17H2,(H,26,31)(H,27,32)(H2,28,29,35). The number of carbonyl (C=O) groups is 5. The molecule has 2 fully saturated rings. The quantitative estimate of drug-likeness (QED) is 0.0844. The minimum Gasteiger partial charge on any atom is -0.377 e. The van der Waals surface area contributed by atoms with Crippen molar-refractivity contribution in [3.8, 4) is 0 Å². The Kier molecular flexibility index (Phi) is 13.5. The fourth-order valence-corrected chi connectivity index (χ4v) is 5.93. The molecule has 0 aromatic heterocycles. The maximum absolute atomic E-state index is 12.0. The van der Waals surface area contributed by atoms with E-state index in [1.165, 1.54) is 12.2 Å². The molecule has 3 heterocycles. The molecule has 3 rings (SSSR count). The van der Waals surface area contributed by atoms with Gasteiger partial charge in [0.05, 0.1) is 51.7 Å². The van der Waals surface area contributed by atoms with Gasteiger partial charge in [0, 0.05) is 55.6 Å². The van der Waals surface area contributed by atoms with Crippen LogP contribution in [-0.2, 0) is 33.4 Å². The van der Waals surface area contributed by atoms with Crippen LogP contribution in [0.2, 0.25) is 0 Å². The number of hydrogen-bond acceptors (Lipinski definition) is 9. The summed E-state index contributed by atoms with van der Waals surface area (Å²) in [5.41, 5.74) is 0. The van der Waals surface area contributed by atoms with Gasteiger partial charge in [0.25, 0.3) is 11.8 Å². The van der Waals surface area contributed by atoms with Gasteiger partial charge in [0.15, 0.2) is 0 Å². The number of unbranched alkanes of at least 4 members (excludes halogenated alkanes) is 1. The Hall–Kier alpha value is -2.68. The predicted octanol–water partition coefficient (Wildman–Crippen LogP) is -0.690. The Morgan fingerprint density at radius 1 is 0.846 bits per heavy atom. The molecule has 0 bridgehead atoms. The van der Waals surface area contributed by atoms with Crippen LogP contribution < -0.4 is 21.3 Å². The molecule has 0 aliphatic carbocycles. The summed E-state index contributed by atoms with van der Waals surface area (Å²) in [6.45, 7) is 3.16. The van der Waals surface area contributed by atoms with E-state index in [1.807, 2.05) is 11.8 Å². The third kappa shape index (κ3) is 11.1. The third-order valence-corrected chi connectivity index (χ3v) is 7.93. The molecule has 0 aromatic rings. The van der Waals surface area contributed by atoms with Crippen molar-refractivity contribution in [1.29, 1.82) is 0 Å². The number of thioether (sulfide) groups is 1. The number of nitrogens with zero attached hydrogens (tertiary/aromatic N) is 1. The van der Waals surface area contributed by atoms with Gasteiger partial charge >= 0.3 is 6.03 Å². The lowest BCUT2D eigenvalue weighted by Gasteiger charge is -2.16. The molecular weight excluding hydrogens is 530 g/mol. The van der Waals surface area contributed by atoms with Crippen molar-refractivity contribution in [2.45, 2.75) is 49.4 Å². The van der Waals surface area contributed by atoms with E-state index in [2.05, 4.69) is 21.3 Å². The number of carbonyl (C=O) groups excluding carboxylic acids is 5. The summed E-state index contributed by atoms with van der Waals surface area (Å²) in [5, 5.41) is 11.9. The second-order valence-corrected chi connectivity index (χ2v) is 10.6. The van der Waals surface area contributed by atoms with Crippen LogP contribution in [0, 0.1) is 0 Å². The number of nitrogens with one attached hydrogen (secondary N) is 4. The van der Waals surface area contributed by atoms with Gasteiger partial charge in [-0.2, -0.15) is 11.8 Å². The maximum Gasteiger partial charge on any atom is 0.315 e. The van der Waals surface area contributed by atoms with E-state index in [9.17, 15) is 24.0 Å². The van der Waals surface area contributed by atoms with Crippen molar-refractivity contribution in [3.05, 3.63) is 12.2 Å². The van der Waals surface area contributed by atoms with Crippen LogP contribution in [0.25, 0.3) is 0 Å². The SMILES string of the molecule is O=C(CCCCC1SCC2NC(=O)NC21)NCCOCCOCCOCCNC(=O)CCN1C(=O)C=CC1=O. The predicted molar refractivity (Wildman–Crippen MR) is 143 cm³/mol. The Bertz CT molecular complexity index is 871. The number of amides is 6. The minimum atomic E-state index is -0.400. The van der Waals surface area contributed by atoms with E-state index in [4.69, 9.17) is 14.2 Å². The van der Waals surface area contributed by atoms with Crippen molar-refractivity contribution in [2.75, 3.05) is 65.0 Å². The number of hydrogen-bond donors (Lipinski definition) is 4. The first-order valence-corrected chi connectivity index (χ1v) is 14.5. The first kappa shape index (κ1) is 30.9. The van der Waals surface area contributed by atoms with Crippen molar-refractivity contribution in [2.24, 2.45) is 0 Å². The van der Waals surface area contributed by atoms with Gasteiger partial charge in [0.1, 0.15) is 0 Å². The van der Waals surface area contributed by atoms with Crippen molar-refractivity contribution < 1.29 is 38.2 Å². The van der Waals surface area contributed by atoms with Gasteiger partial charge in [-0.15, -0.1) is 0 Å². The van der Waals surface area contributed by atoms with Crippen molar-refractivity contribution >= 4 is 41.4 Å². The molecule has 4 N–H and O–H groups in total. The number of rotatable bonds is 20. The molecule has 0 saturated carbocycles. The molecule has 6 amide bonds. The summed E-state index contributed by atoms with van der Waals surface area (Å²) < 4.78 is 16.2. The average Bonchev–Trinajstić information content (AvgIpc) is 3.57. The molecule has 218 valence electrons. The number of ether oxygens (including phenoxy) is 3. The van der Waals surface area contributed by atoms with Crippen LogP contribution in [0.3, 0.4) is 0 Å². The molecule has 0 spiro atoms. The van der Waals surface area contributed by atoms with Crippen LogP contribution in [0.5, 0.6) is 0 Å². The van der Waals surface area contributed by atoms with Crippen LogP contribution in [-0.4, -0.2) is 117 Å². The molecular formula is C25H39N5O8S. The zero-order chi connectivity index (χ0) is 27.9. The number of imide groups is 1. The second-order valence-electron chi connectivity index (χ2n) is 9.32. The number of urea groups is 1. The van der Waals surface area contributed by atoms with Crippen LogP contribution in [0.1, 0.15) is 32.1 Å². The van der Waals surface area contributed by atoms with Crippen molar-refractivity contribution in [3.63, 3.8) is 0 Å². The molecule has 3 unspecified atom stereocenters. The summed E-state index contributed by atoms with van der Waals surface area (Å²) in [6, 6.07) is 0.376. The summed E-state index contributed by atoms with van der Waals surface area (Å²) in [4.78, 5) is 59.0. The zero-order valence-corrected chi connectivity index (χ0v) is 22.9. The van der Waals surface area contributed by atoms with Crippen LogP contribution >= 0.6 is 11.8 Å². The normalized spacial score (nSPS) is 21.7. The Morgan fingerprint density at radius 3 is 2.08 bits per heavy atom. The molecule has 39 heavy (non-hydrogen) atoms. The van der Waals surface area contributed by atoms with Gasteiger partial charge in [-0.05, 0) is 12.8 Å². The van der Waals surface area contributed by atoms with Gasteiger partial charge in [-0.1, -0.05) is 6.42 Å². The Balaban J connectivity index is 1.02. The minimum absolute atomic E-state index is 0.0186. The summed E-state index contributed by atoms with van der Waals surface area (Å²) >= 11 is 1.89. The molecule has 3 atom stereocenters. The molecule has 14 heteroatoms. The molecule has 0 radical (unpaired) electrons. The lowest BCUT2D eigenvalue weighted by atomic mass is 10.0. The molecule has 3 aliphatic heterocycles. The Labute approximate surface area is 232 Å². The molecule has 13 nitrogen and oxygen atoms in total. The summed E-state index contributed by atoms with van der Waals surface area (Å²) in [7, 11) is 0. The van der Waals surface area contributed by atoms with Crippen molar-refractivity contribution in [1.82, 2.24) is 26.2 Å². The van der Waals surface area contributed by atoms with E-state index in [-0.39, 0.29) is 42.9 Å². The zero-order valence-electron chi connectivity index (χ0n) is 22.1. The number of fused-ring (bicyclic) bond motifs is 1. The van der Waals surface area contributed by atoms with Gasteiger partial charge in [-0.25, -0.2) is 4.79 Å². The van der Waals surface area contributed by atoms with Gasteiger partial charge in [0.2, 0.25) is 11.8 Å². The van der Waals surface area contributed by atoms with Gasteiger partial charge < -0.3 is 35.5 Å². The average molecular weight is 570 g/mol. The van der Waals surface area contributed by atoms with E-state index in [0.717, 1.165) is 29.9 Å². The van der Waals surface area contributed by atoms with E-state index in [1.54, 1.807) is 0 Å². The van der Waals surface area contributed by atoms with E-state index >= 15 is 0 Å². The van der Waals surface area contributed by atoms with E-state index < -0.39 is 11.8 Å². The third-order valence-electron chi connectivity index (χ3n) is 6.42. The van der Waals surface area contributed by atoms with Gasteiger partial charge in [-0.3, -0.25) is 24.1 Å². The highest BCUT2D eigenvalue weighted by Crippen LogP contribution is 2.33. The van der Waals surface area contributed by atoms with E-state index in [0.29, 0.717) is 64.4 Å². The lowest BCUT2D eigenvalue weighted by molar-refractivity contribution is -0.137. The second kappa shape index (κ2) is 17.1. The summed E-state index contributed by atoms with van der Waals surface area (Å²) in [6.07, 6.45) is 5.70. The molecule has 0 aromatic carbocycles. The van der Waals surface area contributed by atoms with Crippen LogP contribution in [0.4, 0.5) is 4.79 Å². The highest BCUT2D eigenvalue weighted by atomic mass is 32.2. The first-order valence-electron chi connectivity index (χ1n) is 13.4. The fraction of sp³-hybridized carbons (Fsp3) is 0.720. The monoisotopic (exact) mass is 569 g/mol. The highest BCUT2D eigenvalue weighted by Gasteiger charge is 2.42. The maximum atomic E-state index is 12.0.